The van der Waals surface area contributed by atoms with Crippen molar-refractivity contribution in [3.05, 3.63) is 69.3 Å². The van der Waals surface area contributed by atoms with Gasteiger partial charge in [0, 0.05) is 11.3 Å². The normalized spacial score (nSPS) is 15.7. The third-order valence-electron chi connectivity index (χ3n) is 4.11. The third-order valence-corrected chi connectivity index (χ3v) is 4.84. The number of aryl methyl sites for hydroxylation is 2. The van der Waals surface area contributed by atoms with Crippen molar-refractivity contribution in [1.82, 2.24) is 9.78 Å². The first-order valence-electron chi connectivity index (χ1n) is 7.41. The van der Waals surface area contributed by atoms with Gasteiger partial charge in [0.2, 0.25) is 0 Å². The van der Waals surface area contributed by atoms with Crippen LogP contribution in [-0.2, 0) is 0 Å². The Morgan fingerprint density at radius 2 is 1.83 bits per heavy atom. The second-order valence-electron chi connectivity index (χ2n) is 5.88. The Bertz CT molecular complexity index is 915. The second kappa shape index (κ2) is 5.29. The molecule has 0 saturated carbocycles. The molecule has 3 aromatic rings. The number of hydrogen-bond acceptors (Lipinski definition) is 2. The van der Waals surface area contributed by atoms with E-state index in [1.54, 1.807) is 0 Å². The molecule has 2 aromatic carbocycles. The summed E-state index contributed by atoms with van der Waals surface area (Å²) in [5.74, 6) is 0. The predicted octanol–water partition coefficient (Wildman–Crippen LogP) is 5.45. The van der Waals surface area contributed by atoms with Gasteiger partial charge in [-0.25, -0.2) is 4.68 Å². The minimum Gasteiger partial charge on any atom is -0.359 e. The quantitative estimate of drug-likeness (QED) is 0.636. The number of anilines is 1. The SMILES string of the molecule is Cc1ccc2c(c1)-c1cc(C)nn1C(c1ccc(Cl)c(Cl)c1)N2. The Balaban J connectivity index is 1.90. The average molecular weight is 344 g/mol. The molecule has 1 N–H and O–H groups in total. The van der Waals surface area contributed by atoms with Gasteiger partial charge in [0.05, 0.1) is 21.4 Å². The number of aromatic nitrogens is 2. The van der Waals surface area contributed by atoms with Gasteiger partial charge in [-0.1, -0.05) is 40.9 Å². The van der Waals surface area contributed by atoms with E-state index in [2.05, 4.69) is 41.6 Å². The van der Waals surface area contributed by atoms with Gasteiger partial charge in [0.25, 0.3) is 0 Å². The van der Waals surface area contributed by atoms with Crippen LogP contribution in [0.2, 0.25) is 10.0 Å². The van der Waals surface area contributed by atoms with Gasteiger partial charge < -0.3 is 5.32 Å². The monoisotopic (exact) mass is 343 g/mol. The third kappa shape index (κ3) is 2.41. The van der Waals surface area contributed by atoms with Crippen molar-refractivity contribution in [1.29, 1.82) is 0 Å². The number of halogens is 2. The van der Waals surface area contributed by atoms with E-state index in [0.29, 0.717) is 10.0 Å². The van der Waals surface area contributed by atoms with E-state index in [1.165, 1.54) is 11.1 Å². The van der Waals surface area contributed by atoms with Gasteiger partial charge >= 0.3 is 0 Å². The molecule has 0 fully saturated rings. The number of nitrogens with one attached hydrogen (secondary N) is 1. The molecule has 0 amide bonds. The van der Waals surface area contributed by atoms with Crippen LogP contribution in [0.25, 0.3) is 11.3 Å². The van der Waals surface area contributed by atoms with Crippen molar-refractivity contribution in [3.8, 4) is 11.3 Å². The van der Waals surface area contributed by atoms with Gasteiger partial charge in [0.15, 0.2) is 0 Å². The fraction of sp³-hybridized carbons (Fsp3) is 0.167. The molecule has 5 heteroatoms. The zero-order valence-corrected chi connectivity index (χ0v) is 14.3. The van der Waals surface area contributed by atoms with Crippen molar-refractivity contribution in [2.24, 2.45) is 0 Å². The maximum atomic E-state index is 6.20. The van der Waals surface area contributed by atoms with Crippen LogP contribution in [-0.4, -0.2) is 9.78 Å². The Morgan fingerprint density at radius 3 is 2.61 bits per heavy atom. The Labute approximate surface area is 144 Å². The van der Waals surface area contributed by atoms with E-state index < -0.39 is 0 Å². The molecule has 0 aliphatic carbocycles. The summed E-state index contributed by atoms with van der Waals surface area (Å²) < 4.78 is 2.01. The van der Waals surface area contributed by atoms with E-state index in [0.717, 1.165) is 22.6 Å². The molecule has 0 spiro atoms. The summed E-state index contributed by atoms with van der Waals surface area (Å²) in [4.78, 5) is 0. The lowest BCUT2D eigenvalue weighted by Crippen LogP contribution is -2.25. The highest BCUT2D eigenvalue weighted by Gasteiger charge is 2.26. The summed E-state index contributed by atoms with van der Waals surface area (Å²) >= 11 is 12.2. The van der Waals surface area contributed by atoms with Crippen LogP contribution >= 0.6 is 23.2 Å². The number of rotatable bonds is 1. The Hall–Kier alpha value is -1.97. The summed E-state index contributed by atoms with van der Waals surface area (Å²) in [5, 5.41) is 9.33. The van der Waals surface area contributed by atoms with E-state index in [-0.39, 0.29) is 6.17 Å². The number of nitrogens with zero attached hydrogens (tertiary/aromatic N) is 2. The van der Waals surface area contributed by atoms with Crippen molar-refractivity contribution in [3.63, 3.8) is 0 Å². The zero-order valence-electron chi connectivity index (χ0n) is 12.8. The highest BCUT2D eigenvalue weighted by molar-refractivity contribution is 6.42. The molecule has 1 unspecified atom stereocenters. The van der Waals surface area contributed by atoms with E-state index in [4.69, 9.17) is 23.2 Å². The van der Waals surface area contributed by atoms with E-state index >= 15 is 0 Å². The molecule has 0 bridgehead atoms. The van der Waals surface area contributed by atoms with Crippen molar-refractivity contribution < 1.29 is 0 Å². The van der Waals surface area contributed by atoms with Crippen LogP contribution < -0.4 is 5.32 Å². The van der Waals surface area contributed by atoms with Gasteiger partial charge in [-0.2, -0.15) is 5.10 Å². The van der Waals surface area contributed by atoms with Crippen LogP contribution in [0.3, 0.4) is 0 Å². The first-order valence-corrected chi connectivity index (χ1v) is 8.17. The highest BCUT2D eigenvalue weighted by Crippen LogP contribution is 2.39. The first kappa shape index (κ1) is 14.6. The summed E-state index contributed by atoms with van der Waals surface area (Å²) in [7, 11) is 0. The lowest BCUT2D eigenvalue weighted by molar-refractivity contribution is 0.571. The van der Waals surface area contributed by atoms with Crippen molar-refractivity contribution >= 4 is 28.9 Å². The minimum atomic E-state index is -0.108. The second-order valence-corrected chi connectivity index (χ2v) is 6.70. The number of fused-ring (bicyclic) bond motifs is 3. The van der Waals surface area contributed by atoms with E-state index in [1.807, 2.05) is 29.8 Å². The summed E-state index contributed by atoms with van der Waals surface area (Å²) in [6, 6.07) is 14.2. The molecule has 2 heterocycles. The molecule has 1 aliphatic rings. The predicted molar refractivity (Wildman–Crippen MR) is 95.4 cm³/mol. The van der Waals surface area contributed by atoms with Gasteiger partial charge in [-0.15, -0.1) is 0 Å². The molecule has 4 rings (SSSR count). The minimum absolute atomic E-state index is 0.108. The van der Waals surface area contributed by atoms with Crippen molar-refractivity contribution in [2.45, 2.75) is 20.0 Å². The number of benzene rings is 2. The molecule has 1 atom stereocenters. The van der Waals surface area contributed by atoms with Crippen molar-refractivity contribution in [2.75, 3.05) is 5.32 Å². The maximum absolute atomic E-state index is 6.20. The topological polar surface area (TPSA) is 29.9 Å². The zero-order chi connectivity index (χ0) is 16.1. The lowest BCUT2D eigenvalue weighted by Gasteiger charge is -2.29. The summed E-state index contributed by atoms with van der Waals surface area (Å²) in [6.07, 6.45) is -0.108. The number of hydrogen-bond donors (Lipinski definition) is 1. The van der Waals surface area contributed by atoms with Crippen LogP contribution in [0.4, 0.5) is 5.69 Å². The average Bonchev–Trinajstić information content (AvgIpc) is 2.91. The Kier molecular flexibility index (Phi) is 3.36. The summed E-state index contributed by atoms with van der Waals surface area (Å²) in [6.45, 7) is 4.10. The fourth-order valence-electron chi connectivity index (χ4n) is 3.03. The molecule has 0 saturated heterocycles. The fourth-order valence-corrected chi connectivity index (χ4v) is 3.33. The van der Waals surface area contributed by atoms with E-state index in [9.17, 15) is 0 Å². The molecule has 1 aromatic heterocycles. The van der Waals surface area contributed by atoms with Crippen LogP contribution in [0, 0.1) is 13.8 Å². The first-order chi connectivity index (χ1) is 11.0. The largest absolute Gasteiger partial charge is 0.359 e. The molecule has 1 aliphatic heterocycles. The van der Waals surface area contributed by atoms with Crippen LogP contribution in [0.15, 0.2) is 42.5 Å². The highest BCUT2D eigenvalue weighted by atomic mass is 35.5. The van der Waals surface area contributed by atoms with Gasteiger partial charge in [0.1, 0.15) is 6.17 Å². The Morgan fingerprint density at radius 1 is 1.00 bits per heavy atom. The molecule has 0 radical (unpaired) electrons. The molecular weight excluding hydrogens is 329 g/mol. The molecule has 3 nitrogen and oxygen atoms in total. The van der Waals surface area contributed by atoms with Gasteiger partial charge in [-0.3, -0.25) is 0 Å². The molecule has 23 heavy (non-hydrogen) atoms. The smallest absolute Gasteiger partial charge is 0.147 e. The standard InChI is InChI=1S/C18H15Cl2N3/c1-10-3-6-16-13(7-10)17-8-11(2)22-23(17)18(21-16)12-4-5-14(19)15(20)9-12/h3-9,18,21H,1-2H3. The van der Waals surface area contributed by atoms with Crippen LogP contribution in [0.5, 0.6) is 0 Å². The maximum Gasteiger partial charge on any atom is 0.147 e. The summed E-state index contributed by atoms with van der Waals surface area (Å²) in [5.41, 5.74) is 6.61. The lowest BCUT2D eigenvalue weighted by atomic mass is 10.0. The van der Waals surface area contributed by atoms with Crippen LogP contribution in [0.1, 0.15) is 23.0 Å². The van der Waals surface area contributed by atoms with Gasteiger partial charge in [-0.05, 0) is 49.7 Å². The molecular formula is C18H15Cl2N3. The molecule has 116 valence electrons.